The third kappa shape index (κ3) is 3.95. The standard InChI is InChI=1S/C13H15ClF2IN/c14-11-4-3-10(17)6-12(11)18-8-9-2-1-5-13(15,16)7-9/h3-4,6,9,18H,1-2,5,7-8H2. The van der Waals surface area contributed by atoms with Gasteiger partial charge >= 0.3 is 0 Å². The van der Waals surface area contributed by atoms with E-state index in [0.29, 0.717) is 18.0 Å². The van der Waals surface area contributed by atoms with Crippen LogP contribution in [0.4, 0.5) is 14.5 Å². The molecule has 0 amide bonds. The van der Waals surface area contributed by atoms with E-state index in [9.17, 15) is 8.78 Å². The number of hydrogen-bond acceptors (Lipinski definition) is 1. The predicted molar refractivity (Wildman–Crippen MR) is 79.6 cm³/mol. The highest BCUT2D eigenvalue weighted by atomic mass is 127. The van der Waals surface area contributed by atoms with Crippen molar-refractivity contribution < 1.29 is 8.78 Å². The summed E-state index contributed by atoms with van der Waals surface area (Å²) < 4.78 is 27.6. The van der Waals surface area contributed by atoms with Crippen molar-refractivity contribution in [2.45, 2.75) is 31.6 Å². The molecule has 5 heteroatoms. The van der Waals surface area contributed by atoms with Crippen LogP contribution in [0.5, 0.6) is 0 Å². The van der Waals surface area contributed by atoms with Crippen LogP contribution < -0.4 is 5.32 Å². The first-order valence-electron chi connectivity index (χ1n) is 6.03. The minimum atomic E-state index is -2.49. The molecule has 1 unspecified atom stereocenters. The Morgan fingerprint density at radius 3 is 2.94 bits per heavy atom. The zero-order valence-corrected chi connectivity index (χ0v) is 12.8. The van der Waals surface area contributed by atoms with Gasteiger partial charge in [0.1, 0.15) is 0 Å². The van der Waals surface area contributed by atoms with Crippen molar-refractivity contribution in [3.63, 3.8) is 0 Å². The molecule has 0 aliphatic heterocycles. The highest BCUT2D eigenvalue weighted by Crippen LogP contribution is 2.37. The third-order valence-electron chi connectivity index (χ3n) is 3.25. The topological polar surface area (TPSA) is 12.0 Å². The third-order valence-corrected chi connectivity index (χ3v) is 4.25. The Bertz CT molecular complexity index is 425. The number of hydrogen-bond donors (Lipinski definition) is 1. The van der Waals surface area contributed by atoms with E-state index >= 15 is 0 Å². The van der Waals surface area contributed by atoms with Crippen molar-refractivity contribution in [1.29, 1.82) is 0 Å². The molecule has 1 aromatic carbocycles. The molecule has 1 aliphatic rings. The van der Waals surface area contributed by atoms with Gasteiger partial charge in [0.15, 0.2) is 0 Å². The van der Waals surface area contributed by atoms with Crippen molar-refractivity contribution in [2.24, 2.45) is 5.92 Å². The van der Waals surface area contributed by atoms with Crippen LogP contribution in [0.15, 0.2) is 18.2 Å². The second-order valence-corrected chi connectivity index (χ2v) is 6.48. The lowest BCUT2D eigenvalue weighted by Gasteiger charge is -2.29. The second-order valence-electron chi connectivity index (χ2n) is 4.82. The van der Waals surface area contributed by atoms with Gasteiger partial charge in [-0.15, -0.1) is 0 Å². The second kappa shape index (κ2) is 5.90. The normalized spacial score (nSPS) is 22.8. The van der Waals surface area contributed by atoms with E-state index in [1.807, 2.05) is 18.2 Å². The van der Waals surface area contributed by atoms with E-state index < -0.39 is 5.92 Å². The minimum absolute atomic E-state index is 0.0124. The van der Waals surface area contributed by atoms with Crippen molar-refractivity contribution in [1.82, 2.24) is 0 Å². The fraction of sp³-hybridized carbons (Fsp3) is 0.538. The average Bonchev–Trinajstić information content (AvgIpc) is 2.29. The maximum atomic E-state index is 13.3. The van der Waals surface area contributed by atoms with E-state index in [1.165, 1.54) is 0 Å². The SMILES string of the molecule is FC1(F)CCCC(CNc2cc(I)ccc2Cl)C1. The van der Waals surface area contributed by atoms with E-state index in [4.69, 9.17) is 11.6 Å². The molecule has 1 nitrogen and oxygen atoms in total. The van der Waals surface area contributed by atoms with Crippen LogP contribution >= 0.6 is 34.2 Å². The summed E-state index contributed by atoms with van der Waals surface area (Å²) in [6, 6.07) is 5.67. The van der Waals surface area contributed by atoms with Gasteiger partial charge in [-0.1, -0.05) is 11.6 Å². The van der Waals surface area contributed by atoms with Crippen LogP contribution in [-0.4, -0.2) is 12.5 Å². The maximum absolute atomic E-state index is 13.3. The molecule has 0 heterocycles. The van der Waals surface area contributed by atoms with Crippen molar-refractivity contribution in [3.8, 4) is 0 Å². The Labute approximate surface area is 124 Å². The summed E-state index contributed by atoms with van der Waals surface area (Å²) in [5.74, 6) is -2.46. The number of alkyl halides is 2. The van der Waals surface area contributed by atoms with Gasteiger partial charge in [0.25, 0.3) is 0 Å². The molecule has 0 aromatic heterocycles. The highest BCUT2D eigenvalue weighted by molar-refractivity contribution is 14.1. The molecule has 0 saturated heterocycles. The summed E-state index contributed by atoms with van der Waals surface area (Å²) >= 11 is 8.26. The van der Waals surface area contributed by atoms with Gasteiger partial charge < -0.3 is 5.32 Å². The number of nitrogens with one attached hydrogen (secondary N) is 1. The lowest BCUT2D eigenvalue weighted by Crippen LogP contribution is -2.29. The average molecular weight is 386 g/mol. The Morgan fingerprint density at radius 1 is 1.44 bits per heavy atom. The summed E-state index contributed by atoms with van der Waals surface area (Å²) in [7, 11) is 0. The molecule has 0 spiro atoms. The molecule has 1 aromatic rings. The van der Waals surface area contributed by atoms with Gasteiger partial charge in [0.2, 0.25) is 5.92 Å². The molecular weight excluding hydrogens is 371 g/mol. The predicted octanol–water partition coefficient (Wildman–Crippen LogP) is 5.18. The number of anilines is 1. The smallest absolute Gasteiger partial charge is 0.248 e. The van der Waals surface area contributed by atoms with Crippen LogP contribution in [0.2, 0.25) is 5.02 Å². The van der Waals surface area contributed by atoms with Gasteiger partial charge in [-0.25, -0.2) is 8.78 Å². The summed E-state index contributed by atoms with van der Waals surface area (Å²) in [5, 5.41) is 3.83. The fourth-order valence-corrected chi connectivity index (χ4v) is 3.01. The summed E-state index contributed by atoms with van der Waals surface area (Å²) in [5.41, 5.74) is 0.831. The minimum Gasteiger partial charge on any atom is -0.384 e. The fourth-order valence-electron chi connectivity index (χ4n) is 2.34. The molecule has 1 N–H and O–H groups in total. The molecule has 1 aliphatic carbocycles. The van der Waals surface area contributed by atoms with Gasteiger partial charge in [0.05, 0.1) is 10.7 Å². The largest absolute Gasteiger partial charge is 0.384 e. The lowest BCUT2D eigenvalue weighted by atomic mass is 9.86. The first-order valence-corrected chi connectivity index (χ1v) is 7.49. The quantitative estimate of drug-likeness (QED) is 0.707. The van der Waals surface area contributed by atoms with Gasteiger partial charge in [0, 0.05) is 23.0 Å². The molecule has 0 radical (unpaired) electrons. The van der Waals surface area contributed by atoms with E-state index in [-0.39, 0.29) is 18.8 Å². The Hall–Kier alpha value is -0.100. The van der Waals surface area contributed by atoms with Crippen LogP contribution in [0.3, 0.4) is 0 Å². The Kier molecular flexibility index (Phi) is 4.69. The van der Waals surface area contributed by atoms with Gasteiger partial charge in [-0.2, -0.15) is 0 Å². The van der Waals surface area contributed by atoms with E-state index in [1.54, 1.807) is 0 Å². The summed E-state index contributed by atoms with van der Waals surface area (Å²) in [6.45, 7) is 0.565. The van der Waals surface area contributed by atoms with Crippen LogP contribution in [0.1, 0.15) is 25.7 Å². The lowest BCUT2D eigenvalue weighted by molar-refractivity contribution is -0.0502. The molecule has 0 bridgehead atoms. The van der Waals surface area contributed by atoms with Gasteiger partial charge in [-0.05, 0) is 59.5 Å². The van der Waals surface area contributed by atoms with Gasteiger partial charge in [-0.3, -0.25) is 0 Å². The number of benzene rings is 1. The van der Waals surface area contributed by atoms with Crippen molar-refractivity contribution >= 4 is 39.9 Å². The van der Waals surface area contributed by atoms with Crippen LogP contribution in [0.25, 0.3) is 0 Å². The van der Waals surface area contributed by atoms with Crippen molar-refractivity contribution in [2.75, 3.05) is 11.9 Å². The first kappa shape index (κ1) is 14.3. The zero-order valence-electron chi connectivity index (χ0n) is 9.86. The van der Waals surface area contributed by atoms with Crippen molar-refractivity contribution in [3.05, 3.63) is 26.8 Å². The first-order chi connectivity index (χ1) is 8.46. The number of rotatable bonds is 3. The molecule has 1 atom stereocenters. The molecule has 2 rings (SSSR count). The summed E-state index contributed by atoms with van der Waals surface area (Å²) in [6.07, 6.45) is 1.50. The monoisotopic (exact) mass is 385 g/mol. The highest BCUT2D eigenvalue weighted by Gasteiger charge is 2.35. The molecule has 1 saturated carbocycles. The van der Waals surface area contributed by atoms with E-state index in [2.05, 4.69) is 27.9 Å². The maximum Gasteiger partial charge on any atom is 0.248 e. The summed E-state index contributed by atoms with van der Waals surface area (Å²) in [4.78, 5) is 0. The van der Waals surface area contributed by atoms with Crippen LogP contribution in [-0.2, 0) is 0 Å². The molecule has 18 heavy (non-hydrogen) atoms. The van der Waals surface area contributed by atoms with E-state index in [0.717, 1.165) is 15.7 Å². The number of halogens is 4. The molecule has 1 fully saturated rings. The molecule has 100 valence electrons. The Morgan fingerprint density at radius 2 is 2.22 bits per heavy atom. The molecular formula is C13H15ClF2IN. The Balaban J connectivity index is 1.93. The van der Waals surface area contributed by atoms with Crippen LogP contribution in [0, 0.1) is 9.49 Å². The zero-order chi connectivity index (χ0) is 13.2.